The molecule has 0 aromatic rings. The topological polar surface area (TPSA) is 12.0 Å². The minimum atomic E-state index is 0.608. The first-order chi connectivity index (χ1) is 5.34. The van der Waals surface area contributed by atoms with E-state index in [4.69, 9.17) is 0 Å². The van der Waals surface area contributed by atoms with E-state index in [1.807, 2.05) is 11.8 Å². The fourth-order valence-electron chi connectivity index (χ4n) is 1.45. The zero-order valence-corrected chi connectivity index (χ0v) is 8.04. The maximum Gasteiger partial charge on any atom is 0.0284 e. The summed E-state index contributed by atoms with van der Waals surface area (Å²) in [5.74, 6) is 1.25. The van der Waals surface area contributed by atoms with Crippen molar-refractivity contribution in [3.05, 3.63) is 12.2 Å². The second-order valence-electron chi connectivity index (χ2n) is 3.05. The summed E-state index contributed by atoms with van der Waals surface area (Å²) in [5, 5.41) is 3.49. The first-order valence-corrected chi connectivity index (χ1v) is 5.64. The lowest BCUT2D eigenvalue weighted by Crippen LogP contribution is -2.36. The van der Waals surface area contributed by atoms with Gasteiger partial charge >= 0.3 is 0 Å². The van der Waals surface area contributed by atoms with Gasteiger partial charge in [-0.3, -0.25) is 0 Å². The second kappa shape index (κ2) is 4.83. The quantitative estimate of drug-likeness (QED) is 0.652. The molecule has 0 aromatic heterocycles. The van der Waals surface area contributed by atoms with Crippen molar-refractivity contribution >= 4 is 11.8 Å². The number of hydrogen-bond donors (Lipinski definition) is 1. The fraction of sp³-hybridized carbons (Fsp3) is 0.778. The van der Waals surface area contributed by atoms with Gasteiger partial charge in [0.1, 0.15) is 0 Å². The van der Waals surface area contributed by atoms with Crippen molar-refractivity contribution in [2.75, 3.05) is 18.6 Å². The normalized spacial score (nSPS) is 25.5. The number of nitrogens with one attached hydrogen (secondary N) is 1. The summed E-state index contributed by atoms with van der Waals surface area (Å²) in [6.45, 7) is 5.26. The van der Waals surface area contributed by atoms with Crippen LogP contribution >= 0.6 is 11.8 Å². The van der Waals surface area contributed by atoms with E-state index < -0.39 is 0 Å². The zero-order valence-electron chi connectivity index (χ0n) is 7.23. The lowest BCUT2D eigenvalue weighted by atomic mass is 9.98. The van der Waals surface area contributed by atoms with Gasteiger partial charge in [0.25, 0.3) is 0 Å². The van der Waals surface area contributed by atoms with Crippen molar-refractivity contribution in [1.82, 2.24) is 5.32 Å². The molecule has 1 aliphatic rings. The van der Waals surface area contributed by atoms with E-state index in [2.05, 4.69) is 18.2 Å². The van der Waals surface area contributed by atoms with Crippen LogP contribution in [0.4, 0.5) is 0 Å². The summed E-state index contributed by atoms with van der Waals surface area (Å²) in [5.41, 5.74) is 1.41. The van der Waals surface area contributed by atoms with E-state index >= 15 is 0 Å². The van der Waals surface area contributed by atoms with Gasteiger partial charge in [-0.1, -0.05) is 12.2 Å². The van der Waals surface area contributed by atoms with E-state index in [-0.39, 0.29) is 0 Å². The molecule has 1 heterocycles. The monoisotopic (exact) mass is 171 g/mol. The molecule has 0 unspecified atom stereocenters. The van der Waals surface area contributed by atoms with Gasteiger partial charge in [0, 0.05) is 6.04 Å². The van der Waals surface area contributed by atoms with Gasteiger partial charge in [-0.05, 0) is 37.8 Å². The van der Waals surface area contributed by atoms with Crippen LogP contribution in [0.1, 0.15) is 19.3 Å². The third-order valence-electron chi connectivity index (χ3n) is 2.17. The SMILES string of the molecule is C=C1CCCN[C@H]1CCSC. The standard InChI is InChI=1S/C9H17NS/c1-8-4-3-6-10-9(8)5-7-11-2/h9-10H,1,3-7H2,2H3/t9-/m0/s1. The Kier molecular flexibility index (Phi) is 4.02. The lowest BCUT2D eigenvalue weighted by Gasteiger charge is -2.25. The number of piperidine rings is 1. The summed E-state index contributed by atoms with van der Waals surface area (Å²) in [4.78, 5) is 0. The fourth-order valence-corrected chi connectivity index (χ4v) is 1.92. The molecule has 0 spiro atoms. The average Bonchev–Trinajstić information content (AvgIpc) is 2.03. The highest BCUT2D eigenvalue weighted by Crippen LogP contribution is 2.16. The number of thioether (sulfide) groups is 1. The number of hydrogen-bond acceptors (Lipinski definition) is 2. The highest BCUT2D eigenvalue weighted by Gasteiger charge is 2.14. The highest BCUT2D eigenvalue weighted by atomic mass is 32.2. The van der Waals surface area contributed by atoms with Crippen LogP contribution in [-0.4, -0.2) is 24.6 Å². The van der Waals surface area contributed by atoms with Gasteiger partial charge in [-0.25, -0.2) is 0 Å². The summed E-state index contributed by atoms with van der Waals surface area (Å²) < 4.78 is 0. The van der Waals surface area contributed by atoms with Crippen LogP contribution in [0.15, 0.2) is 12.2 Å². The lowest BCUT2D eigenvalue weighted by molar-refractivity contribution is 0.484. The van der Waals surface area contributed by atoms with Crippen molar-refractivity contribution in [2.24, 2.45) is 0 Å². The summed E-state index contributed by atoms with van der Waals surface area (Å²) >= 11 is 1.92. The van der Waals surface area contributed by atoms with Gasteiger partial charge < -0.3 is 5.32 Å². The highest BCUT2D eigenvalue weighted by molar-refractivity contribution is 7.98. The molecule has 0 amide bonds. The first-order valence-electron chi connectivity index (χ1n) is 4.24. The molecule has 0 saturated carbocycles. The Morgan fingerprint density at radius 2 is 2.55 bits per heavy atom. The van der Waals surface area contributed by atoms with Crippen molar-refractivity contribution in [1.29, 1.82) is 0 Å². The summed E-state index contributed by atoms with van der Waals surface area (Å²) in [6.07, 6.45) is 5.91. The molecule has 1 aliphatic heterocycles. The van der Waals surface area contributed by atoms with Crippen LogP contribution < -0.4 is 5.32 Å². The molecule has 11 heavy (non-hydrogen) atoms. The van der Waals surface area contributed by atoms with Crippen molar-refractivity contribution in [3.8, 4) is 0 Å². The van der Waals surface area contributed by atoms with E-state index in [1.54, 1.807) is 0 Å². The molecular formula is C9H17NS. The Balaban J connectivity index is 2.24. The van der Waals surface area contributed by atoms with Gasteiger partial charge in [0.2, 0.25) is 0 Å². The van der Waals surface area contributed by atoms with E-state index in [0.717, 1.165) is 0 Å². The molecule has 1 N–H and O–H groups in total. The molecule has 0 aromatic carbocycles. The predicted octanol–water partition coefficient (Wildman–Crippen LogP) is 2.05. The third-order valence-corrected chi connectivity index (χ3v) is 2.81. The average molecular weight is 171 g/mol. The molecular weight excluding hydrogens is 154 g/mol. The van der Waals surface area contributed by atoms with Gasteiger partial charge in [0.15, 0.2) is 0 Å². The zero-order chi connectivity index (χ0) is 8.10. The van der Waals surface area contributed by atoms with E-state index in [9.17, 15) is 0 Å². The summed E-state index contributed by atoms with van der Waals surface area (Å²) in [6, 6.07) is 0.608. The minimum Gasteiger partial charge on any atom is -0.310 e. The molecule has 2 heteroatoms. The maximum atomic E-state index is 4.08. The van der Waals surface area contributed by atoms with Crippen LogP contribution in [0.25, 0.3) is 0 Å². The Hall–Kier alpha value is 0.0500. The minimum absolute atomic E-state index is 0.608. The van der Waals surface area contributed by atoms with Gasteiger partial charge in [0.05, 0.1) is 0 Å². The smallest absolute Gasteiger partial charge is 0.0284 e. The molecule has 1 rings (SSSR count). The second-order valence-corrected chi connectivity index (χ2v) is 4.04. The third kappa shape index (κ3) is 2.88. The molecule has 1 atom stereocenters. The van der Waals surface area contributed by atoms with E-state index in [0.29, 0.717) is 6.04 Å². The van der Waals surface area contributed by atoms with Crippen molar-refractivity contribution < 1.29 is 0 Å². The van der Waals surface area contributed by atoms with Crippen LogP contribution in [0.3, 0.4) is 0 Å². The number of rotatable bonds is 3. The van der Waals surface area contributed by atoms with Crippen LogP contribution in [0, 0.1) is 0 Å². The van der Waals surface area contributed by atoms with Gasteiger partial charge in [-0.2, -0.15) is 11.8 Å². The first kappa shape index (κ1) is 9.14. The molecule has 64 valence electrons. The molecule has 1 saturated heterocycles. The largest absolute Gasteiger partial charge is 0.310 e. The Morgan fingerprint density at radius 3 is 3.18 bits per heavy atom. The Labute approximate surface area is 73.6 Å². The van der Waals surface area contributed by atoms with Crippen molar-refractivity contribution in [2.45, 2.75) is 25.3 Å². The molecule has 1 fully saturated rings. The van der Waals surface area contributed by atoms with Gasteiger partial charge in [-0.15, -0.1) is 0 Å². The van der Waals surface area contributed by atoms with Crippen LogP contribution in [0.5, 0.6) is 0 Å². The van der Waals surface area contributed by atoms with Crippen molar-refractivity contribution in [3.63, 3.8) is 0 Å². The maximum absolute atomic E-state index is 4.08. The molecule has 0 bridgehead atoms. The predicted molar refractivity (Wildman–Crippen MR) is 53.2 cm³/mol. The Bertz CT molecular complexity index is 134. The summed E-state index contributed by atoms with van der Waals surface area (Å²) in [7, 11) is 0. The van der Waals surface area contributed by atoms with Crippen LogP contribution in [0.2, 0.25) is 0 Å². The van der Waals surface area contributed by atoms with Crippen LogP contribution in [-0.2, 0) is 0 Å². The molecule has 1 nitrogen and oxygen atoms in total. The molecule has 0 radical (unpaired) electrons. The Morgan fingerprint density at radius 1 is 1.73 bits per heavy atom. The van der Waals surface area contributed by atoms with E-state index in [1.165, 1.54) is 37.1 Å². The molecule has 0 aliphatic carbocycles.